The Hall–Kier alpha value is -4.81. The number of fused-ring (bicyclic) bond motifs is 1. The van der Waals surface area contributed by atoms with Crippen molar-refractivity contribution in [3.8, 4) is 11.3 Å². The second-order valence-electron chi connectivity index (χ2n) is 10.5. The van der Waals surface area contributed by atoms with Crippen LogP contribution in [0.2, 0.25) is 0 Å². The summed E-state index contributed by atoms with van der Waals surface area (Å²) < 4.78 is 43.0. The number of nitrogens with one attached hydrogen (secondary N) is 1. The Kier molecular flexibility index (Phi) is 8.53. The average molecular weight is 615 g/mol. The molecule has 3 heterocycles. The van der Waals surface area contributed by atoms with E-state index in [0.29, 0.717) is 16.0 Å². The number of sulfonamides is 1. The molecule has 1 saturated heterocycles. The van der Waals surface area contributed by atoms with Gasteiger partial charge < -0.3 is 19.6 Å². The number of hydrogen-bond acceptors (Lipinski definition) is 8. The Morgan fingerprint density at radius 3 is 2.52 bits per heavy atom. The fourth-order valence-electron chi connectivity index (χ4n) is 5.46. The Morgan fingerprint density at radius 1 is 0.955 bits per heavy atom. The van der Waals surface area contributed by atoms with E-state index in [9.17, 15) is 17.6 Å². The highest BCUT2D eigenvalue weighted by Crippen LogP contribution is 2.29. The van der Waals surface area contributed by atoms with Crippen LogP contribution < -0.4 is 9.79 Å². The number of benzene rings is 3. The molecule has 1 fully saturated rings. The predicted octanol–water partition coefficient (Wildman–Crippen LogP) is 5.75. The Labute approximate surface area is 254 Å². The van der Waals surface area contributed by atoms with Gasteiger partial charge in [-0.1, -0.05) is 22.7 Å². The van der Waals surface area contributed by atoms with Crippen molar-refractivity contribution in [2.45, 2.75) is 30.7 Å². The Morgan fingerprint density at radius 2 is 1.75 bits per heavy atom. The second-order valence-corrected chi connectivity index (χ2v) is 12.2. The van der Waals surface area contributed by atoms with Crippen LogP contribution in [0.1, 0.15) is 19.3 Å². The van der Waals surface area contributed by atoms with Gasteiger partial charge in [0.1, 0.15) is 22.9 Å². The van der Waals surface area contributed by atoms with E-state index in [1.54, 1.807) is 12.1 Å². The molecule has 226 valence electrons. The maximum atomic E-state index is 14.3. The first kappa shape index (κ1) is 29.3. The smallest absolute Gasteiger partial charge is 0.322 e. The molecule has 2 aromatic heterocycles. The summed E-state index contributed by atoms with van der Waals surface area (Å²) >= 11 is 0. The summed E-state index contributed by atoms with van der Waals surface area (Å²) in [5, 5.41) is 4.32. The van der Waals surface area contributed by atoms with Crippen LogP contribution in [0.25, 0.3) is 22.2 Å². The highest BCUT2D eigenvalue weighted by atomic mass is 32.2. The van der Waals surface area contributed by atoms with E-state index in [1.165, 1.54) is 62.0 Å². The zero-order valence-corrected chi connectivity index (χ0v) is 24.7. The molecule has 0 saturated carbocycles. The van der Waals surface area contributed by atoms with Crippen molar-refractivity contribution in [2.75, 3.05) is 29.4 Å². The standard InChI is InChI=1S/C32H31FN6O4S/c33-28-6-1-2-7-31(28)44(41,42)39(43-23-40)27-11-9-26(10-12-27)36-32-21-29(34-22-35-32)24-8-13-30-25(20-24)14-19-38(30)18-5-17-37-15-3-4-16-37/h1-2,6-14,19-23H,3-5,15-18H2,(H,34,35,36). The average Bonchev–Trinajstić information content (AvgIpc) is 3.71. The third kappa shape index (κ3) is 6.26. The summed E-state index contributed by atoms with van der Waals surface area (Å²) in [5.41, 5.74) is 3.48. The van der Waals surface area contributed by atoms with Gasteiger partial charge >= 0.3 is 6.47 Å². The number of nitrogens with zero attached hydrogens (tertiary/aromatic N) is 5. The molecule has 5 aromatic rings. The molecule has 1 N–H and O–H groups in total. The molecule has 0 spiro atoms. The van der Waals surface area contributed by atoms with Crippen LogP contribution in [0.3, 0.4) is 0 Å². The van der Waals surface area contributed by atoms with Crippen molar-refractivity contribution in [3.05, 3.63) is 97.2 Å². The lowest BCUT2D eigenvalue weighted by Gasteiger charge is -2.21. The van der Waals surface area contributed by atoms with Gasteiger partial charge in [0.15, 0.2) is 0 Å². The molecule has 12 heteroatoms. The molecular weight excluding hydrogens is 583 g/mol. The molecule has 0 unspecified atom stereocenters. The summed E-state index contributed by atoms with van der Waals surface area (Å²) in [6.07, 6.45) is 7.35. The Bertz CT molecular complexity index is 1870. The number of aryl methyl sites for hydroxylation is 1. The number of likely N-dealkylation sites (tertiary alicyclic amines) is 1. The lowest BCUT2D eigenvalue weighted by molar-refractivity contribution is -0.128. The van der Waals surface area contributed by atoms with Crippen molar-refractivity contribution < 1.29 is 22.4 Å². The molecule has 0 atom stereocenters. The first-order valence-corrected chi connectivity index (χ1v) is 15.8. The molecule has 0 aliphatic carbocycles. The van der Waals surface area contributed by atoms with Crippen molar-refractivity contribution >= 4 is 44.6 Å². The lowest BCUT2D eigenvalue weighted by atomic mass is 10.1. The van der Waals surface area contributed by atoms with Gasteiger partial charge in [0.05, 0.1) is 11.4 Å². The molecule has 6 rings (SSSR count). The third-order valence-electron chi connectivity index (χ3n) is 7.63. The summed E-state index contributed by atoms with van der Waals surface area (Å²) in [4.78, 5) is 26.6. The van der Waals surface area contributed by atoms with Gasteiger partial charge in [0.25, 0.3) is 10.0 Å². The van der Waals surface area contributed by atoms with Crippen LogP contribution in [0.15, 0.2) is 96.3 Å². The number of carbonyl (C=O) groups is 1. The van der Waals surface area contributed by atoms with Crippen LogP contribution in [-0.2, 0) is 26.2 Å². The summed E-state index contributed by atoms with van der Waals surface area (Å²) in [6, 6.07) is 21.1. The molecule has 44 heavy (non-hydrogen) atoms. The highest BCUT2D eigenvalue weighted by molar-refractivity contribution is 7.92. The molecule has 0 amide bonds. The number of carbonyl (C=O) groups excluding carboxylic acids is 1. The Balaban J connectivity index is 1.15. The SMILES string of the molecule is O=CON(c1ccc(Nc2cc(-c3ccc4c(ccn4CCCN4CCCC4)c3)ncn2)cc1)S(=O)(=O)c1ccccc1F. The van der Waals surface area contributed by atoms with Gasteiger partial charge in [0, 0.05) is 41.0 Å². The highest BCUT2D eigenvalue weighted by Gasteiger charge is 2.29. The van der Waals surface area contributed by atoms with E-state index >= 15 is 0 Å². The van der Waals surface area contributed by atoms with Crippen LogP contribution >= 0.6 is 0 Å². The first-order valence-electron chi connectivity index (χ1n) is 14.3. The van der Waals surface area contributed by atoms with Crippen LogP contribution in [0.5, 0.6) is 0 Å². The van der Waals surface area contributed by atoms with Crippen molar-refractivity contribution in [3.63, 3.8) is 0 Å². The van der Waals surface area contributed by atoms with Gasteiger partial charge in [-0.3, -0.25) is 4.79 Å². The largest absolute Gasteiger partial charge is 0.347 e. The number of hydrogen-bond donors (Lipinski definition) is 1. The minimum atomic E-state index is -4.52. The number of aromatic nitrogens is 3. The zero-order chi connectivity index (χ0) is 30.5. The topological polar surface area (TPSA) is 110 Å². The van der Waals surface area contributed by atoms with Crippen LogP contribution in [-0.4, -0.2) is 54.0 Å². The van der Waals surface area contributed by atoms with E-state index in [2.05, 4.69) is 55.2 Å². The maximum absolute atomic E-state index is 14.3. The first-order chi connectivity index (χ1) is 21.4. The van der Waals surface area contributed by atoms with Gasteiger partial charge in [0.2, 0.25) is 0 Å². The van der Waals surface area contributed by atoms with Crippen molar-refractivity contribution in [1.82, 2.24) is 19.4 Å². The van der Waals surface area contributed by atoms with E-state index < -0.39 is 20.7 Å². The van der Waals surface area contributed by atoms with Crippen LogP contribution in [0.4, 0.5) is 21.6 Å². The fourth-order valence-corrected chi connectivity index (χ4v) is 6.75. The van der Waals surface area contributed by atoms with Crippen LogP contribution in [0, 0.1) is 5.82 Å². The molecule has 1 aliphatic rings. The number of anilines is 3. The molecule has 10 nitrogen and oxygen atoms in total. The van der Waals surface area contributed by atoms with E-state index in [0.717, 1.165) is 48.3 Å². The minimum absolute atomic E-state index is 0.00515. The number of rotatable bonds is 12. The normalized spacial score (nSPS) is 13.7. The van der Waals surface area contributed by atoms with Crippen molar-refractivity contribution in [2.24, 2.45) is 0 Å². The summed E-state index contributed by atoms with van der Waals surface area (Å²) in [6.45, 7) is 4.51. The lowest BCUT2D eigenvalue weighted by Crippen LogP contribution is -2.31. The molecular formula is C32H31FN6O4S. The molecule has 1 aliphatic heterocycles. The van der Waals surface area contributed by atoms with E-state index in [-0.39, 0.29) is 12.2 Å². The number of halogens is 1. The minimum Gasteiger partial charge on any atom is -0.347 e. The second kappa shape index (κ2) is 12.8. The zero-order valence-electron chi connectivity index (χ0n) is 23.8. The molecule has 0 bridgehead atoms. The van der Waals surface area contributed by atoms with Gasteiger partial charge in [-0.2, -0.15) is 8.42 Å². The summed E-state index contributed by atoms with van der Waals surface area (Å²) in [7, 11) is -4.52. The monoisotopic (exact) mass is 614 g/mol. The fraction of sp³-hybridized carbons (Fsp3) is 0.219. The van der Waals surface area contributed by atoms with Crippen molar-refractivity contribution in [1.29, 1.82) is 0 Å². The van der Waals surface area contributed by atoms with Gasteiger partial charge in [-0.15, -0.1) is 0 Å². The quantitative estimate of drug-likeness (QED) is 0.140. The predicted molar refractivity (Wildman–Crippen MR) is 166 cm³/mol. The maximum Gasteiger partial charge on any atom is 0.322 e. The molecule has 0 radical (unpaired) electrons. The third-order valence-corrected chi connectivity index (χ3v) is 9.25. The van der Waals surface area contributed by atoms with Gasteiger partial charge in [-0.25, -0.2) is 14.4 Å². The molecule has 3 aromatic carbocycles. The summed E-state index contributed by atoms with van der Waals surface area (Å²) in [5.74, 6) is -0.434. The van der Waals surface area contributed by atoms with E-state index in [4.69, 9.17) is 4.84 Å². The van der Waals surface area contributed by atoms with E-state index in [1.807, 2.05) is 6.07 Å². The van der Waals surface area contributed by atoms with Gasteiger partial charge in [-0.05, 0) is 93.5 Å².